The molecule has 2 rings (SSSR count). The molecule has 0 atom stereocenters. The molecule has 2 aromatic rings. The fraction of sp³-hybridized carbons (Fsp3) is 0.0909. The van der Waals surface area contributed by atoms with Crippen LogP contribution in [0.3, 0.4) is 0 Å². The van der Waals surface area contributed by atoms with Crippen LogP contribution < -0.4 is 0 Å². The maximum atomic E-state index is 10.2. The van der Waals surface area contributed by atoms with Gasteiger partial charge in [0.2, 0.25) is 6.20 Å². The van der Waals surface area contributed by atoms with Crippen LogP contribution in [-0.4, -0.2) is 9.49 Å². The number of fused-ring (bicyclic) bond motifs is 1. The lowest BCUT2D eigenvalue weighted by Gasteiger charge is -1.97. The zero-order valence-corrected chi connectivity index (χ0v) is 8.25. The van der Waals surface area contributed by atoms with Crippen LogP contribution in [0.15, 0.2) is 36.5 Å². The van der Waals surface area contributed by atoms with Gasteiger partial charge >= 0.3 is 0 Å². The smallest absolute Gasteiger partial charge is 0.236 e. The maximum absolute atomic E-state index is 10.2. The number of hydrogen-bond donors (Lipinski definition) is 0. The summed E-state index contributed by atoms with van der Waals surface area (Å²) in [6.07, 6.45) is 2.45. The largest absolute Gasteiger partial charge is 0.344 e. The number of rotatable bonds is 2. The van der Waals surface area contributed by atoms with E-state index >= 15 is 0 Å². The van der Waals surface area contributed by atoms with Crippen LogP contribution in [0.2, 0.25) is 0 Å². The van der Waals surface area contributed by atoms with Crippen molar-refractivity contribution in [3.8, 4) is 0 Å². The van der Waals surface area contributed by atoms with Gasteiger partial charge in [-0.1, -0.05) is 18.2 Å². The van der Waals surface area contributed by atoms with Crippen LogP contribution in [0.4, 0.5) is 0 Å². The first-order valence-electron chi connectivity index (χ1n) is 4.54. The van der Waals surface area contributed by atoms with Crippen LogP contribution in [0, 0.1) is 10.1 Å². The van der Waals surface area contributed by atoms with Crippen LogP contribution in [0.1, 0.15) is 5.69 Å². The molecule has 0 saturated carbocycles. The first-order valence-corrected chi connectivity index (χ1v) is 4.54. The third-order valence-corrected chi connectivity index (χ3v) is 2.36. The van der Waals surface area contributed by atoms with Gasteiger partial charge in [0, 0.05) is 29.7 Å². The quantitative estimate of drug-likeness (QED) is 0.554. The molecule has 0 spiro atoms. The third kappa shape index (κ3) is 1.74. The first kappa shape index (κ1) is 9.45. The van der Waals surface area contributed by atoms with Gasteiger partial charge in [-0.15, -0.1) is 0 Å². The summed E-state index contributed by atoms with van der Waals surface area (Å²) >= 11 is 0. The molecule has 0 aliphatic rings. The molecule has 1 aromatic heterocycles. The Bertz CT molecular complexity index is 541. The molecule has 0 radical (unpaired) electrons. The Labute approximate surface area is 86.6 Å². The van der Waals surface area contributed by atoms with E-state index in [1.54, 1.807) is 0 Å². The second-order valence-corrected chi connectivity index (χ2v) is 3.29. The summed E-state index contributed by atoms with van der Waals surface area (Å²) in [6.45, 7) is 0. The van der Waals surface area contributed by atoms with Crippen molar-refractivity contribution in [2.24, 2.45) is 7.05 Å². The molecular formula is C11H10N2O2. The molecule has 0 aliphatic heterocycles. The van der Waals surface area contributed by atoms with E-state index in [2.05, 4.69) is 0 Å². The van der Waals surface area contributed by atoms with Crippen molar-refractivity contribution < 1.29 is 4.92 Å². The molecule has 1 aromatic carbocycles. The van der Waals surface area contributed by atoms with E-state index in [0.717, 1.165) is 22.8 Å². The topological polar surface area (TPSA) is 48.1 Å². The summed E-state index contributed by atoms with van der Waals surface area (Å²) in [6, 6.07) is 9.79. The highest BCUT2D eigenvalue weighted by Crippen LogP contribution is 2.18. The monoisotopic (exact) mass is 202 g/mol. The van der Waals surface area contributed by atoms with Crippen LogP contribution in [0.25, 0.3) is 17.0 Å². The lowest BCUT2D eigenvalue weighted by atomic mass is 10.2. The Kier molecular flexibility index (Phi) is 2.25. The lowest BCUT2D eigenvalue weighted by Crippen LogP contribution is -1.90. The van der Waals surface area contributed by atoms with Gasteiger partial charge in [0.05, 0.1) is 4.92 Å². The van der Waals surface area contributed by atoms with E-state index in [0.29, 0.717) is 0 Å². The van der Waals surface area contributed by atoms with E-state index in [-0.39, 0.29) is 0 Å². The standard InChI is InChI=1S/C11H10N2O2/c1-12-10(6-7-13(14)15)8-9-4-2-3-5-11(9)12/h2-8H,1H3/b7-6+. The molecule has 76 valence electrons. The lowest BCUT2D eigenvalue weighted by molar-refractivity contribution is -0.401. The predicted octanol–water partition coefficient (Wildman–Crippen LogP) is 2.43. The average molecular weight is 202 g/mol. The normalized spacial score (nSPS) is 11.3. The number of aromatic nitrogens is 1. The molecule has 0 bridgehead atoms. The molecule has 0 unspecified atom stereocenters. The molecule has 4 nitrogen and oxygen atoms in total. The summed E-state index contributed by atoms with van der Waals surface area (Å²) in [5.41, 5.74) is 1.90. The Morgan fingerprint density at radius 3 is 2.80 bits per heavy atom. The minimum absolute atomic E-state index is 0.461. The van der Waals surface area contributed by atoms with Crippen molar-refractivity contribution in [1.82, 2.24) is 4.57 Å². The second-order valence-electron chi connectivity index (χ2n) is 3.29. The van der Waals surface area contributed by atoms with Gasteiger partial charge in [0.1, 0.15) is 0 Å². The third-order valence-electron chi connectivity index (χ3n) is 2.36. The molecule has 0 amide bonds. The molecule has 1 heterocycles. The van der Waals surface area contributed by atoms with Crippen LogP contribution >= 0.6 is 0 Å². The van der Waals surface area contributed by atoms with Crippen molar-refractivity contribution in [3.63, 3.8) is 0 Å². The Balaban J connectivity index is 2.53. The zero-order valence-electron chi connectivity index (χ0n) is 8.25. The van der Waals surface area contributed by atoms with Gasteiger partial charge in [0.25, 0.3) is 0 Å². The van der Waals surface area contributed by atoms with Gasteiger partial charge in [-0.2, -0.15) is 0 Å². The van der Waals surface area contributed by atoms with Gasteiger partial charge in [-0.3, -0.25) is 10.1 Å². The summed E-state index contributed by atoms with van der Waals surface area (Å²) in [7, 11) is 1.89. The Hall–Kier alpha value is -2.10. The zero-order chi connectivity index (χ0) is 10.8. The van der Waals surface area contributed by atoms with E-state index in [1.165, 1.54) is 6.08 Å². The molecule has 0 saturated heterocycles. The van der Waals surface area contributed by atoms with Crippen LogP contribution in [-0.2, 0) is 7.05 Å². The highest BCUT2D eigenvalue weighted by Gasteiger charge is 2.02. The number of para-hydroxylation sites is 1. The minimum Gasteiger partial charge on any atom is -0.344 e. The van der Waals surface area contributed by atoms with Crippen LogP contribution in [0.5, 0.6) is 0 Å². The maximum Gasteiger partial charge on any atom is 0.236 e. The average Bonchev–Trinajstić information content (AvgIpc) is 2.54. The fourth-order valence-corrected chi connectivity index (χ4v) is 1.61. The number of aryl methyl sites for hydroxylation is 1. The van der Waals surface area contributed by atoms with Crippen molar-refractivity contribution in [2.45, 2.75) is 0 Å². The van der Waals surface area contributed by atoms with Crippen molar-refractivity contribution >= 4 is 17.0 Å². The van der Waals surface area contributed by atoms with Gasteiger partial charge < -0.3 is 4.57 Å². The molecule has 0 fully saturated rings. The summed E-state index contributed by atoms with van der Waals surface area (Å²) < 4.78 is 1.93. The molecule has 15 heavy (non-hydrogen) atoms. The first-order chi connectivity index (χ1) is 7.18. The predicted molar refractivity (Wildman–Crippen MR) is 58.9 cm³/mol. The molecule has 4 heteroatoms. The van der Waals surface area contributed by atoms with E-state index in [1.807, 2.05) is 41.9 Å². The molecular weight excluding hydrogens is 192 g/mol. The van der Waals surface area contributed by atoms with Gasteiger partial charge in [-0.25, -0.2) is 0 Å². The van der Waals surface area contributed by atoms with E-state index < -0.39 is 4.92 Å². The molecule has 0 aliphatic carbocycles. The summed E-state index contributed by atoms with van der Waals surface area (Å²) in [5.74, 6) is 0. The highest BCUT2D eigenvalue weighted by atomic mass is 16.6. The summed E-state index contributed by atoms with van der Waals surface area (Å²) in [5, 5.41) is 11.3. The second kappa shape index (κ2) is 3.57. The SMILES string of the molecule is Cn1c(/C=C/[N+](=O)[O-])cc2ccccc21. The fourth-order valence-electron chi connectivity index (χ4n) is 1.61. The number of nitro groups is 1. The molecule has 0 N–H and O–H groups in total. The number of benzene rings is 1. The van der Waals surface area contributed by atoms with Crippen molar-refractivity contribution in [2.75, 3.05) is 0 Å². The van der Waals surface area contributed by atoms with Crippen molar-refractivity contribution in [1.29, 1.82) is 0 Å². The van der Waals surface area contributed by atoms with Gasteiger partial charge in [0.15, 0.2) is 0 Å². The van der Waals surface area contributed by atoms with E-state index in [9.17, 15) is 10.1 Å². The summed E-state index contributed by atoms with van der Waals surface area (Å²) in [4.78, 5) is 9.75. The number of nitrogens with zero attached hydrogens (tertiary/aromatic N) is 2. The number of hydrogen-bond acceptors (Lipinski definition) is 2. The Morgan fingerprint density at radius 2 is 2.13 bits per heavy atom. The minimum atomic E-state index is -0.461. The van der Waals surface area contributed by atoms with Crippen molar-refractivity contribution in [3.05, 3.63) is 52.3 Å². The highest BCUT2D eigenvalue weighted by molar-refractivity contribution is 5.83. The van der Waals surface area contributed by atoms with Gasteiger partial charge in [-0.05, 0) is 12.1 Å². The van der Waals surface area contributed by atoms with E-state index in [4.69, 9.17) is 0 Å². The Morgan fingerprint density at radius 1 is 1.40 bits per heavy atom.